The van der Waals surface area contributed by atoms with Gasteiger partial charge in [-0.15, -0.1) is 0 Å². The van der Waals surface area contributed by atoms with Crippen molar-refractivity contribution in [1.29, 1.82) is 0 Å². The van der Waals surface area contributed by atoms with E-state index in [1.54, 1.807) is 0 Å². The van der Waals surface area contributed by atoms with E-state index in [0.29, 0.717) is 19.3 Å². The van der Waals surface area contributed by atoms with Gasteiger partial charge in [-0.3, -0.25) is 14.4 Å². The molecule has 6 heteroatoms. The Labute approximate surface area is 460 Å². The van der Waals surface area contributed by atoms with Gasteiger partial charge in [-0.05, 0) is 109 Å². The lowest BCUT2D eigenvalue weighted by atomic mass is 10.1. The first kappa shape index (κ1) is 71.1. The largest absolute Gasteiger partial charge is 0.462 e. The summed E-state index contributed by atoms with van der Waals surface area (Å²) in [6.45, 7) is 6.63. The van der Waals surface area contributed by atoms with Gasteiger partial charge in [0, 0.05) is 19.3 Å². The normalized spacial score (nSPS) is 12.4. The van der Waals surface area contributed by atoms with Crippen molar-refractivity contribution in [3.63, 3.8) is 0 Å². The molecule has 0 aromatic heterocycles. The molecule has 0 aliphatic carbocycles. The number of allylic oxidation sites excluding steroid dienone is 10. The topological polar surface area (TPSA) is 78.9 Å². The first-order chi connectivity index (χ1) is 36.5. The predicted molar refractivity (Wildman–Crippen MR) is 321 cm³/mol. The fourth-order valence-corrected chi connectivity index (χ4v) is 9.32. The molecular weight excluding hydrogens is 913 g/mol. The molecular formula is C68H122O6. The van der Waals surface area contributed by atoms with Crippen LogP contribution in [0.2, 0.25) is 0 Å². The van der Waals surface area contributed by atoms with Gasteiger partial charge >= 0.3 is 17.9 Å². The van der Waals surface area contributed by atoms with Gasteiger partial charge in [0.1, 0.15) is 13.2 Å². The summed E-state index contributed by atoms with van der Waals surface area (Å²) < 4.78 is 16.9. The standard InChI is InChI=1S/C68H122O6/c1-4-7-10-13-16-19-22-25-28-31-33-34-36-37-40-43-46-49-52-55-58-61-67(70)73-64-65(63-72-66(69)60-57-54-51-48-45-42-39-30-27-24-21-18-15-12-9-6-3)74-68(71)62-59-56-53-50-47-44-41-38-35-32-29-26-23-20-17-14-11-8-5-2/h17,20,26,29-31,33,35,38-39,65H,4-16,18-19,21-25,27-28,32,34,36-37,40-64H2,1-3H3/b20-17-,29-26-,33-31-,38-35-,39-30-. The molecule has 0 rings (SSSR count). The minimum atomic E-state index is -0.786. The monoisotopic (exact) mass is 1030 g/mol. The van der Waals surface area contributed by atoms with E-state index in [2.05, 4.69) is 81.5 Å². The lowest BCUT2D eigenvalue weighted by Gasteiger charge is -2.18. The van der Waals surface area contributed by atoms with E-state index in [-0.39, 0.29) is 31.1 Å². The minimum absolute atomic E-state index is 0.0817. The van der Waals surface area contributed by atoms with Gasteiger partial charge in [0.15, 0.2) is 6.10 Å². The summed E-state index contributed by atoms with van der Waals surface area (Å²) in [5.74, 6) is -0.888. The van der Waals surface area contributed by atoms with E-state index in [4.69, 9.17) is 14.2 Å². The molecule has 0 N–H and O–H groups in total. The number of carbonyl (C=O) groups is 3. The minimum Gasteiger partial charge on any atom is -0.462 e. The van der Waals surface area contributed by atoms with Crippen LogP contribution in [0.1, 0.15) is 335 Å². The Morgan fingerprint density at radius 2 is 0.486 bits per heavy atom. The van der Waals surface area contributed by atoms with Crippen LogP contribution in [0.5, 0.6) is 0 Å². The number of unbranched alkanes of at least 4 members (excludes halogenated alkanes) is 38. The number of ether oxygens (including phenoxy) is 3. The van der Waals surface area contributed by atoms with E-state index in [1.807, 2.05) is 0 Å². The zero-order valence-electron chi connectivity index (χ0n) is 49.4. The van der Waals surface area contributed by atoms with Gasteiger partial charge in [0.25, 0.3) is 0 Å². The van der Waals surface area contributed by atoms with Crippen molar-refractivity contribution in [3.05, 3.63) is 60.8 Å². The van der Waals surface area contributed by atoms with Gasteiger partial charge in [-0.25, -0.2) is 0 Å². The zero-order chi connectivity index (χ0) is 53.6. The molecule has 0 aromatic rings. The molecule has 0 saturated heterocycles. The maximum Gasteiger partial charge on any atom is 0.306 e. The van der Waals surface area contributed by atoms with Gasteiger partial charge in [-0.1, -0.05) is 268 Å². The molecule has 1 unspecified atom stereocenters. The summed E-state index contributed by atoms with van der Waals surface area (Å²) >= 11 is 0. The molecule has 74 heavy (non-hydrogen) atoms. The number of esters is 3. The number of carbonyl (C=O) groups excluding carboxylic acids is 3. The molecule has 0 heterocycles. The molecule has 0 spiro atoms. The third kappa shape index (κ3) is 60.0. The van der Waals surface area contributed by atoms with E-state index in [0.717, 1.165) is 89.9 Å². The number of hydrogen-bond acceptors (Lipinski definition) is 6. The summed E-state index contributed by atoms with van der Waals surface area (Å²) in [6.07, 6.45) is 79.3. The predicted octanol–water partition coefficient (Wildman–Crippen LogP) is 21.9. The maximum absolute atomic E-state index is 12.9. The molecule has 0 aliphatic rings. The second-order valence-electron chi connectivity index (χ2n) is 21.7. The first-order valence-corrected chi connectivity index (χ1v) is 32.3. The van der Waals surface area contributed by atoms with E-state index < -0.39 is 6.10 Å². The van der Waals surface area contributed by atoms with Crippen LogP contribution in [0.15, 0.2) is 60.8 Å². The van der Waals surface area contributed by atoms with Crippen LogP contribution < -0.4 is 0 Å². The van der Waals surface area contributed by atoms with Gasteiger partial charge < -0.3 is 14.2 Å². The Bertz CT molecular complexity index is 1330. The first-order valence-electron chi connectivity index (χ1n) is 32.3. The van der Waals surface area contributed by atoms with E-state index in [9.17, 15) is 14.4 Å². The molecule has 0 bridgehead atoms. The quantitative estimate of drug-likeness (QED) is 0.0261. The van der Waals surface area contributed by atoms with Crippen molar-refractivity contribution in [1.82, 2.24) is 0 Å². The SMILES string of the molecule is CCCCC/C=C\C/C=C\C/C=C\CCCCCCCCC(=O)OC(COC(=O)CCCCCCC/C=C\CCCCCCCCC)COC(=O)CCCCCCCCCCC/C=C\CCCCCCCCCC. The molecule has 0 amide bonds. The second-order valence-corrected chi connectivity index (χ2v) is 21.7. The van der Waals surface area contributed by atoms with Crippen molar-refractivity contribution < 1.29 is 28.6 Å². The molecule has 0 aromatic carbocycles. The fourth-order valence-electron chi connectivity index (χ4n) is 9.32. The Morgan fingerprint density at radius 3 is 0.797 bits per heavy atom. The van der Waals surface area contributed by atoms with Crippen molar-refractivity contribution in [3.8, 4) is 0 Å². The van der Waals surface area contributed by atoms with Crippen molar-refractivity contribution in [2.75, 3.05) is 13.2 Å². The van der Waals surface area contributed by atoms with E-state index >= 15 is 0 Å². The van der Waals surface area contributed by atoms with Crippen LogP contribution in [-0.2, 0) is 28.6 Å². The maximum atomic E-state index is 12.9. The lowest BCUT2D eigenvalue weighted by molar-refractivity contribution is -0.167. The zero-order valence-corrected chi connectivity index (χ0v) is 49.4. The summed E-state index contributed by atoms with van der Waals surface area (Å²) in [7, 11) is 0. The van der Waals surface area contributed by atoms with Crippen LogP contribution in [0.4, 0.5) is 0 Å². The van der Waals surface area contributed by atoms with Crippen molar-refractivity contribution in [2.45, 2.75) is 341 Å². The summed E-state index contributed by atoms with van der Waals surface area (Å²) in [6, 6.07) is 0. The molecule has 0 saturated carbocycles. The van der Waals surface area contributed by atoms with Crippen LogP contribution >= 0.6 is 0 Å². The molecule has 430 valence electrons. The number of hydrogen-bond donors (Lipinski definition) is 0. The average molecular weight is 1040 g/mol. The highest BCUT2D eigenvalue weighted by molar-refractivity contribution is 5.71. The Hall–Kier alpha value is -2.89. The summed E-state index contributed by atoms with van der Waals surface area (Å²) in [5.41, 5.74) is 0. The number of rotatable bonds is 59. The molecule has 0 aliphatic heterocycles. The van der Waals surface area contributed by atoms with Crippen molar-refractivity contribution in [2.24, 2.45) is 0 Å². The molecule has 1 atom stereocenters. The van der Waals surface area contributed by atoms with Crippen LogP contribution in [0.3, 0.4) is 0 Å². The molecule has 0 fully saturated rings. The third-order valence-electron chi connectivity index (χ3n) is 14.2. The van der Waals surface area contributed by atoms with Gasteiger partial charge in [0.05, 0.1) is 0 Å². The highest BCUT2D eigenvalue weighted by Gasteiger charge is 2.19. The summed E-state index contributed by atoms with van der Waals surface area (Å²) in [5, 5.41) is 0. The van der Waals surface area contributed by atoms with Gasteiger partial charge in [0.2, 0.25) is 0 Å². The molecule has 0 radical (unpaired) electrons. The molecule has 6 nitrogen and oxygen atoms in total. The fraction of sp³-hybridized carbons (Fsp3) is 0.809. The Morgan fingerprint density at radius 1 is 0.270 bits per heavy atom. The highest BCUT2D eigenvalue weighted by atomic mass is 16.6. The van der Waals surface area contributed by atoms with Crippen LogP contribution in [0, 0.1) is 0 Å². The summed E-state index contributed by atoms with van der Waals surface area (Å²) in [4.78, 5) is 38.3. The van der Waals surface area contributed by atoms with Crippen LogP contribution in [0.25, 0.3) is 0 Å². The third-order valence-corrected chi connectivity index (χ3v) is 14.2. The van der Waals surface area contributed by atoms with E-state index in [1.165, 1.54) is 205 Å². The second kappa shape index (κ2) is 62.6. The van der Waals surface area contributed by atoms with Crippen molar-refractivity contribution >= 4 is 17.9 Å². The smallest absolute Gasteiger partial charge is 0.306 e. The highest BCUT2D eigenvalue weighted by Crippen LogP contribution is 2.16. The van der Waals surface area contributed by atoms with Crippen LogP contribution in [-0.4, -0.2) is 37.2 Å². The Kier molecular flexibility index (Phi) is 60.2. The average Bonchev–Trinajstić information content (AvgIpc) is 3.40. The lowest BCUT2D eigenvalue weighted by Crippen LogP contribution is -2.30. The van der Waals surface area contributed by atoms with Gasteiger partial charge in [-0.2, -0.15) is 0 Å². The Balaban J connectivity index is 4.38.